The van der Waals surface area contributed by atoms with E-state index in [2.05, 4.69) is 10.3 Å². The molecule has 1 aliphatic carbocycles. The van der Waals surface area contributed by atoms with Gasteiger partial charge in [0.25, 0.3) is 0 Å². The number of Topliss-reactive ketones (excluding diaryl/α,β-unsaturated/α-hetero) is 1. The molecule has 2 aromatic rings. The first kappa shape index (κ1) is 17.2. The zero-order valence-corrected chi connectivity index (χ0v) is 14.7. The van der Waals surface area contributed by atoms with Crippen molar-refractivity contribution >= 4 is 5.78 Å². The van der Waals surface area contributed by atoms with Gasteiger partial charge in [-0.1, -0.05) is 18.2 Å². The average Bonchev–Trinajstić information content (AvgIpc) is 3.53. The molecule has 0 amide bonds. The van der Waals surface area contributed by atoms with Gasteiger partial charge in [0.1, 0.15) is 12.4 Å². The van der Waals surface area contributed by atoms with Crippen LogP contribution in [0.3, 0.4) is 0 Å². The summed E-state index contributed by atoms with van der Waals surface area (Å²) in [4.78, 5) is 16.6. The average molecular weight is 354 g/mol. The van der Waals surface area contributed by atoms with Crippen LogP contribution in [0.25, 0.3) is 0 Å². The summed E-state index contributed by atoms with van der Waals surface area (Å²) in [6.45, 7) is 2.12. The van der Waals surface area contributed by atoms with E-state index in [1.165, 1.54) is 6.07 Å². The summed E-state index contributed by atoms with van der Waals surface area (Å²) < 4.78 is 20.0. The van der Waals surface area contributed by atoms with Crippen molar-refractivity contribution in [1.82, 2.24) is 10.3 Å². The molecule has 4 nitrogen and oxygen atoms in total. The van der Waals surface area contributed by atoms with E-state index in [0.29, 0.717) is 22.9 Å². The number of benzene rings is 1. The van der Waals surface area contributed by atoms with Gasteiger partial charge in [0.15, 0.2) is 5.78 Å². The first-order valence-corrected chi connectivity index (χ1v) is 9.34. The first-order valence-electron chi connectivity index (χ1n) is 9.34. The summed E-state index contributed by atoms with van der Waals surface area (Å²) in [5.41, 5.74) is 1.93. The number of ether oxygens (including phenoxy) is 1. The van der Waals surface area contributed by atoms with Crippen LogP contribution in [0.5, 0.6) is 5.88 Å². The number of pyridine rings is 1. The van der Waals surface area contributed by atoms with Gasteiger partial charge in [0.05, 0.1) is 0 Å². The van der Waals surface area contributed by atoms with Crippen molar-refractivity contribution in [3.8, 4) is 5.88 Å². The van der Waals surface area contributed by atoms with Crippen molar-refractivity contribution in [2.75, 3.05) is 13.1 Å². The maximum Gasteiger partial charge on any atom is 0.213 e. The molecule has 1 aromatic heterocycles. The van der Waals surface area contributed by atoms with Crippen LogP contribution in [0.1, 0.15) is 53.2 Å². The molecule has 0 unspecified atom stereocenters. The Morgan fingerprint density at radius 2 is 1.96 bits per heavy atom. The van der Waals surface area contributed by atoms with Crippen LogP contribution in [0.4, 0.5) is 4.39 Å². The molecule has 2 heterocycles. The SMILES string of the molecule is O=C(c1ccc(COc2cccc(C3CCNCC3)n2)c(F)c1)C1CC1. The lowest BCUT2D eigenvalue weighted by Gasteiger charge is -2.22. The molecule has 2 fully saturated rings. The van der Waals surface area contributed by atoms with Crippen molar-refractivity contribution in [3.63, 3.8) is 0 Å². The molecule has 0 bridgehead atoms. The first-order chi connectivity index (χ1) is 12.7. The minimum Gasteiger partial charge on any atom is -0.473 e. The molecule has 1 saturated heterocycles. The number of rotatable bonds is 6. The van der Waals surface area contributed by atoms with E-state index < -0.39 is 5.82 Å². The van der Waals surface area contributed by atoms with Crippen LogP contribution < -0.4 is 10.1 Å². The minimum atomic E-state index is -0.397. The summed E-state index contributed by atoms with van der Waals surface area (Å²) in [7, 11) is 0. The fourth-order valence-electron chi connectivity index (χ4n) is 3.41. The fourth-order valence-corrected chi connectivity index (χ4v) is 3.41. The normalized spacial score (nSPS) is 17.9. The van der Waals surface area contributed by atoms with Crippen molar-refractivity contribution in [2.24, 2.45) is 5.92 Å². The Bertz CT molecular complexity index is 798. The Balaban J connectivity index is 1.41. The molecule has 26 heavy (non-hydrogen) atoms. The Hall–Kier alpha value is -2.27. The topological polar surface area (TPSA) is 51.2 Å². The van der Waals surface area contributed by atoms with Crippen molar-refractivity contribution in [2.45, 2.75) is 38.2 Å². The van der Waals surface area contributed by atoms with Gasteiger partial charge in [-0.25, -0.2) is 9.37 Å². The highest BCUT2D eigenvalue weighted by molar-refractivity contribution is 5.99. The Morgan fingerprint density at radius 3 is 2.69 bits per heavy atom. The molecule has 1 saturated carbocycles. The van der Waals surface area contributed by atoms with Crippen LogP contribution >= 0.6 is 0 Å². The molecule has 1 aromatic carbocycles. The van der Waals surface area contributed by atoms with E-state index in [9.17, 15) is 9.18 Å². The zero-order chi connectivity index (χ0) is 17.9. The summed E-state index contributed by atoms with van der Waals surface area (Å²) in [5, 5.41) is 3.35. The van der Waals surface area contributed by atoms with E-state index in [1.54, 1.807) is 18.2 Å². The van der Waals surface area contributed by atoms with E-state index in [0.717, 1.165) is 44.5 Å². The highest BCUT2D eigenvalue weighted by atomic mass is 19.1. The molecular formula is C21H23FN2O2. The van der Waals surface area contributed by atoms with Crippen LogP contribution in [0.2, 0.25) is 0 Å². The Morgan fingerprint density at radius 1 is 1.15 bits per heavy atom. The van der Waals surface area contributed by atoms with Gasteiger partial charge in [-0.15, -0.1) is 0 Å². The van der Waals surface area contributed by atoms with Gasteiger partial charge < -0.3 is 10.1 Å². The minimum absolute atomic E-state index is 0.0488. The number of ketones is 1. The zero-order valence-electron chi connectivity index (χ0n) is 14.7. The number of aromatic nitrogens is 1. The van der Waals surface area contributed by atoms with E-state index >= 15 is 0 Å². The van der Waals surface area contributed by atoms with Gasteiger partial charge in [-0.05, 0) is 50.9 Å². The van der Waals surface area contributed by atoms with Gasteiger partial charge >= 0.3 is 0 Å². The van der Waals surface area contributed by atoms with Crippen molar-refractivity contribution in [1.29, 1.82) is 0 Å². The molecular weight excluding hydrogens is 331 g/mol. The standard InChI is InChI=1S/C21H23FN2O2/c22-18-12-16(21(25)15-4-5-15)6-7-17(18)13-26-20-3-1-2-19(24-20)14-8-10-23-11-9-14/h1-3,6-7,12,14-15,23H,4-5,8-11,13H2. The van der Waals surface area contributed by atoms with Gasteiger partial charge in [0.2, 0.25) is 5.88 Å². The molecule has 1 aliphatic heterocycles. The second-order valence-electron chi connectivity index (χ2n) is 7.16. The third-order valence-corrected chi connectivity index (χ3v) is 5.16. The summed E-state index contributed by atoms with van der Waals surface area (Å²) >= 11 is 0. The lowest BCUT2D eigenvalue weighted by molar-refractivity contribution is 0.0967. The smallest absolute Gasteiger partial charge is 0.213 e. The number of nitrogens with zero attached hydrogens (tertiary/aromatic N) is 1. The second-order valence-corrected chi connectivity index (χ2v) is 7.16. The molecule has 2 aliphatic rings. The number of piperidine rings is 1. The number of carbonyl (C=O) groups excluding carboxylic acids is 1. The molecule has 0 radical (unpaired) electrons. The molecule has 0 atom stereocenters. The Labute approximate surface area is 152 Å². The maximum absolute atomic E-state index is 14.3. The van der Waals surface area contributed by atoms with Crippen LogP contribution in [-0.4, -0.2) is 23.9 Å². The number of nitrogens with one attached hydrogen (secondary N) is 1. The molecule has 5 heteroatoms. The second kappa shape index (κ2) is 7.54. The highest BCUT2D eigenvalue weighted by Gasteiger charge is 2.30. The highest BCUT2D eigenvalue weighted by Crippen LogP contribution is 2.33. The van der Waals surface area contributed by atoms with Gasteiger partial charge in [-0.3, -0.25) is 4.79 Å². The van der Waals surface area contributed by atoms with Crippen LogP contribution in [0, 0.1) is 11.7 Å². The molecule has 1 N–H and O–H groups in total. The van der Waals surface area contributed by atoms with E-state index in [-0.39, 0.29) is 18.3 Å². The fraction of sp³-hybridized carbons (Fsp3) is 0.429. The third kappa shape index (κ3) is 3.93. The van der Waals surface area contributed by atoms with E-state index in [1.807, 2.05) is 12.1 Å². The van der Waals surface area contributed by atoms with E-state index in [4.69, 9.17) is 4.74 Å². The van der Waals surface area contributed by atoms with Gasteiger partial charge in [-0.2, -0.15) is 0 Å². The lowest BCUT2D eigenvalue weighted by Crippen LogP contribution is -2.27. The van der Waals surface area contributed by atoms with Crippen molar-refractivity contribution < 1.29 is 13.9 Å². The monoisotopic (exact) mass is 354 g/mol. The largest absolute Gasteiger partial charge is 0.473 e. The number of hydrogen-bond acceptors (Lipinski definition) is 4. The predicted octanol–water partition coefficient (Wildman–Crippen LogP) is 3.86. The lowest BCUT2D eigenvalue weighted by atomic mass is 9.94. The summed E-state index contributed by atoms with van der Waals surface area (Å²) in [5.74, 6) is 0.708. The van der Waals surface area contributed by atoms with Gasteiger partial charge in [0, 0.05) is 34.7 Å². The third-order valence-electron chi connectivity index (χ3n) is 5.16. The molecule has 0 spiro atoms. The van der Waals surface area contributed by atoms with Crippen molar-refractivity contribution in [3.05, 3.63) is 59.0 Å². The Kier molecular flexibility index (Phi) is 4.98. The summed E-state index contributed by atoms with van der Waals surface area (Å²) in [6, 6.07) is 10.4. The number of hydrogen-bond donors (Lipinski definition) is 1. The quantitative estimate of drug-likeness (QED) is 0.801. The predicted molar refractivity (Wildman–Crippen MR) is 96.9 cm³/mol. The molecule has 136 valence electrons. The number of halogens is 1. The number of carbonyl (C=O) groups is 1. The summed E-state index contributed by atoms with van der Waals surface area (Å²) in [6.07, 6.45) is 3.98. The van der Waals surface area contributed by atoms with Crippen LogP contribution in [0.15, 0.2) is 36.4 Å². The molecule has 4 rings (SSSR count). The van der Waals surface area contributed by atoms with Crippen LogP contribution in [-0.2, 0) is 6.61 Å². The maximum atomic E-state index is 14.3.